The maximum atomic E-state index is 12.8. The first-order chi connectivity index (χ1) is 16.9. The number of anilines is 1. The van der Waals surface area contributed by atoms with Gasteiger partial charge in [-0.3, -0.25) is 14.5 Å². The molecule has 0 spiro atoms. The van der Waals surface area contributed by atoms with E-state index in [0.29, 0.717) is 32.3 Å². The normalized spacial score (nSPS) is 14.7. The zero-order valence-electron chi connectivity index (χ0n) is 18.7. The summed E-state index contributed by atoms with van der Waals surface area (Å²) in [6.07, 6.45) is 2.59. The molecule has 35 heavy (non-hydrogen) atoms. The number of hydrogen-bond acceptors (Lipinski definition) is 8. The molecule has 1 fully saturated rings. The molecule has 180 valence electrons. The first-order valence-electron chi connectivity index (χ1n) is 10.7. The van der Waals surface area contributed by atoms with Crippen LogP contribution in [0.3, 0.4) is 0 Å². The van der Waals surface area contributed by atoms with Gasteiger partial charge in [0.05, 0.1) is 4.91 Å². The number of amides is 2. The highest BCUT2D eigenvalue weighted by Crippen LogP contribution is 2.33. The van der Waals surface area contributed by atoms with Crippen molar-refractivity contribution in [1.82, 2.24) is 15.1 Å². The van der Waals surface area contributed by atoms with Gasteiger partial charge in [0.1, 0.15) is 4.32 Å². The van der Waals surface area contributed by atoms with Gasteiger partial charge in [0, 0.05) is 23.7 Å². The van der Waals surface area contributed by atoms with Gasteiger partial charge < -0.3 is 5.32 Å². The number of hydrogen-bond donors (Lipinski definition) is 1. The van der Waals surface area contributed by atoms with Crippen LogP contribution >= 0.6 is 58.7 Å². The number of thioether (sulfide) groups is 2. The van der Waals surface area contributed by atoms with E-state index in [1.165, 1.54) is 23.1 Å². The maximum absolute atomic E-state index is 12.8. The monoisotopic (exact) mass is 560 g/mol. The average Bonchev–Trinajstić information content (AvgIpc) is 3.39. The van der Waals surface area contributed by atoms with E-state index in [1.54, 1.807) is 16.7 Å². The van der Waals surface area contributed by atoms with E-state index in [1.807, 2.05) is 61.5 Å². The summed E-state index contributed by atoms with van der Waals surface area (Å²) in [6, 6.07) is 15.6. The summed E-state index contributed by atoms with van der Waals surface area (Å²) >= 11 is 15.5. The Bertz CT molecular complexity index is 1260. The van der Waals surface area contributed by atoms with Gasteiger partial charge in [-0.1, -0.05) is 101 Å². The molecule has 4 rings (SSSR count). The Morgan fingerprint density at radius 1 is 1.17 bits per heavy atom. The predicted molar refractivity (Wildman–Crippen MR) is 150 cm³/mol. The number of benzene rings is 2. The fourth-order valence-corrected chi connectivity index (χ4v) is 6.29. The predicted octanol–water partition coefficient (Wildman–Crippen LogP) is 6.41. The molecule has 0 aliphatic carbocycles. The van der Waals surface area contributed by atoms with Crippen LogP contribution in [0.1, 0.15) is 29.5 Å². The van der Waals surface area contributed by atoms with Crippen LogP contribution in [0, 0.1) is 6.92 Å². The highest BCUT2D eigenvalue weighted by atomic mass is 35.5. The standard InChI is InChI=1S/C24H21ClN4O2S4/c1-15-4-6-16(7-5-15)13-19-21(31)29(24(32)34-19)12-2-3-20(30)26-22-27-28-23(35-22)33-14-17-8-10-18(25)11-9-17/h4-11,13H,2-3,12,14H2,1H3,(H,26,27,30)/b19-13-. The molecule has 11 heteroatoms. The summed E-state index contributed by atoms with van der Waals surface area (Å²) in [4.78, 5) is 27.3. The van der Waals surface area contributed by atoms with Crippen molar-refractivity contribution in [2.24, 2.45) is 0 Å². The number of carbonyl (C=O) groups excluding carboxylic acids is 2. The zero-order chi connectivity index (χ0) is 24.8. The number of aryl methyl sites for hydroxylation is 1. The molecule has 2 amide bonds. The van der Waals surface area contributed by atoms with Crippen molar-refractivity contribution in [2.75, 3.05) is 11.9 Å². The second kappa shape index (κ2) is 12.1. The quantitative estimate of drug-likeness (QED) is 0.140. The molecule has 2 heterocycles. The van der Waals surface area contributed by atoms with Gasteiger partial charge in [-0.05, 0) is 42.7 Å². The van der Waals surface area contributed by atoms with E-state index < -0.39 is 0 Å². The Balaban J connectivity index is 1.22. The minimum Gasteiger partial charge on any atom is -0.301 e. The van der Waals surface area contributed by atoms with Crippen LogP contribution in [0.15, 0.2) is 57.8 Å². The van der Waals surface area contributed by atoms with E-state index in [-0.39, 0.29) is 18.2 Å². The van der Waals surface area contributed by atoms with Crippen LogP contribution in [0.2, 0.25) is 5.02 Å². The third-order valence-electron chi connectivity index (χ3n) is 4.96. The van der Waals surface area contributed by atoms with Crippen molar-refractivity contribution in [3.8, 4) is 0 Å². The van der Waals surface area contributed by atoms with Gasteiger partial charge in [-0.15, -0.1) is 10.2 Å². The van der Waals surface area contributed by atoms with Crippen LogP contribution in [0.25, 0.3) is 6.08 Å². The molecule has 1 saturated heterocycles. The summed E-state index contributed by atoms with van der Waals surface area (Å²) in [7, 11) is 0. The SMILES string of the molecule is Cc1ccc(/C=C2\SC(=S)N(CCCC(=O)Nc3nnc(SCc4ccc(Cl)cc4)s3)C2=O)cc1. The first kappa shape index (κ1) is 25.8. The van der Waals surface area contributed by atoms with Crippen LogP contribution in [0.4, 0.5) is 5.13 Å². The Morgan fingerprint density at radius 3 is 2.66 bits per heavy atom. The van der Waals surface area contributed by atoms with Gasteiger partial charge in [-0.2, -0.15) is 0 Å². The number of carbonyl (C=O) groups is 2. The third-order valence-corrected chi connectivity index (χ3v) is 8.64. The third kappa shape index (κ3) is 7.37. The molecular weight excluding hydrogens is 540 g/mol. The van der Waals surface area contributed by atoms with E-state index in [0.717, 1.165) is 26.8 Å². The summed E-state index contributed by atoms with van der Waals surface area (Å²) in [5, 5.41) is 12.1. The van der Waals surface area contributed by atoms with Crippen molar-refractivity contribution in [3.63, 3.8) is 0 Å². The van der Waals surface area contributed by atoms with Gasteiger partial charge in [0.2, 0.25) is 11.0 Å². The summed E-state index contributed by atoms with van der Waals surface area (Å²) < 4.78 is 1.29. The number of nitrogens with one attached hydrogen (secondary N) is 1. The van der Waals surface area contributed by atoms with Crippen LogP contribution in [-0.4, -0.2) is 37.8 Å². The Hall–Kier alpha value is -2.24. The molecule has 1 N–H and O–H groups in total. The molecule has 0 unspecified atom stereocenters. The molecule has 0 atom stereocenters. The second-order valence-corrected chi connectivity index (χ2v) is 12.0. The molecule has 6 nitrogen and oxygen atoms in total. The molecule has 1 aliphatic heterocycles. The molecule has 0 radical (unpaired) electrons. The van der Waals surface area contributed by atoms with Crippen molar-refractivity contribution >= 4 is 86.0 Å². The molecule has 0 saturated carbocycles. The summed E-state index contributed by atoms with van der Waals surface area (Å²) in [6.45, 7) is 2.41. The topological polar surface area (TPSA) is 75.2 Å². The Morgan fingerprint density at radius 2 is 1.91 bits per heavy atom. The zero-order valence-corrected chi connectivity index (χ0v) is 22.7. The average molecular weight is 561 g/mol. The molecule has 3 aromatic rings. The van der Waals surface area contributed by atoms with E-state index >= 15 is 0 Å². The number of thiocarbonyl (C=S) groups is 1. The maximum Gasteiger partial charge on any atom is 0.266 e. The van der Waals surface area contributed by atoms with Crippen LogP contribution in [-0.2, 0) is 15.3 Å². The molecular formula is C24H21ClN4O2S4. The van der Waals surface area contributed by atoms with Crippen LogP contribution < -0.4 is 5.32 Å². The summed E-state index contributed by atoms with van der Waals surface area (Å²) in [5.74, 6) is 0.450. The Labute approximate surface area is 226 Å². The second-order valence-electron chi connectivity index (χ2n) is 7.68. The minimum atomic E-state index is -0.170. The lowest BCUT2D eigenvalue weighted by molar-refractivity contribution is -0.122. The lowest BCUT2D eigenvalue weighted by Gasteiger charge is -2.13. The van der Waals surface area contributed by atoms with Gasteiger partial charge in [0.25, 0.3) is 5.91 Å². The molecule has 2 aromatic carbocycles. The smallest absolute Gasteiger partial charge is 0.266 e. The molecule has 0 bridgehead atoms. The minimum absolute atomic E-state index is 0.118. The fraction of sp³-hybridized carbons (Fsp3) is 0.208. The lowest BCUT2D eigenvalue weighted by atomic mass is 10.1. The van der Waals surface area contributed by atoms with E-state index in [4.69, 9.17) is 23.8 Å². The summed E-state index contributed by atoms with van der Waals surface area (Å²) in [5.41, 5.74) is 3.25. The van der Waals surface area contributed by atoms with Gasteiger partial charge >= 0.3 is 0 Å². The highest BCUT2D eigenvalue weighted by molar-refractivity contribution is 8.26. The first-order valence-corrected chi connectivity index (χ1v) is 14.1. The molecule has 1 aliphatic rings. The van der Waals surface area contributed by atoms with Crippen molar-refractivity contribution in [3.05, 3.63) is 75.1 Å². The number of rotatable bonds is 9. The highest BCUT2D eigenvalue weighted by Gasteiger charge is 2.31. The van der Waals surface area contributed by atoms with E-state index in [9.17, 15) is 9.59 Å². The number of halogens is 1. The molecule has 1 aromatic heterocycles. The van der Waals surface area contributed by atoms with Gasteiger partial charge in [0.15, 0.2) is 4.34 Å². The lowest BCUT2D eigenvalue weighted by Crippen LogP contribution is -2.29. The number of aromatic nitrogens is 2. The van der Waals surface area contributed by atoms with Crippen molar-refractivity contribution in [2.45, 2.75) is 29.9 Å². The van der Waals surface area contributed by atoms with Crippen LogP contribution in [0.5, 0.6) is 0 Å². The van der Waals surface area contributed by atoms with Crippen molar-refractivity contribution < 1.29 is 9.59 Å². The van der Waals surface area contributed by atoms with Crippen molar-refractivity contribution in [1.29, 1.82) is 0 Å². The number of nitrogens with zero attached hydrogens (tertiary/aromatic N) is 3. The van der Waals surface area contributed by atoms with E-state index in [2.05, 4.69) is 15.5 Å². The fourth-order valence-electron chi connectivity index (χ4n) is 3.13. The van der Waals surface area contributed by atoms with Gasteiger partial charge in [-0.25, -0.2) is 0 Å². The Kier molecular flexibility index (Phi) is 8.96. The largest absolute Gasteiger partial charge is 0.301 e.